The van der Waals surface area contributed by atoms with Crippen molar-refractivity contribution in [2.45, 2.75) is 12.3 Å². The molecule has 2 amide bonds. The van der Waals surface area contributed by atoms with Gasteiger partial charge in [-0.05, 0) is 24.3 Å². The number of amides is 2. The van der Waals surface area contributed by atoms with Crippen molar-refractivity contribution in [2.24, 2.45) is 14.1 Å². The van der Waals surface area contributed by atoms with Crippen molar-refractivity contribution in [3.63, 3.8) is 0 Å². The van der Waals surface area contributed by atoms with Crippen molar-refractivity contribution in [1.82, 2.24) is 9.13 Å². The number of benzene rings is 1. The molecule has 2 aromatic rings. The predicted octanol–water partition coefficient (Wildman–Crippen LogP) is 0.157. The molecule has 1 aliphatic heterocycles. The second-order valence-electron chi connectivity index (χ2n) is 5.99. The van der Waals surface area contributed by atoms with Crippen LogP contribution in [0.25, 0.3) is 0 Å². The van der Waals surface area contributed by atoms with Crippen molar-refractivity contribution in [3.8, 4) is 5.75 Å². The number of hydrogen-bond donors (Lipinski definition) is 2. The largest absolute Gasteiger partial charge is 0.497 e. The summed E-state index contributed by atoms with van der Waals surface area (Å²) in [5.74, 6) is -1.06. The van der Waals surface area contributed by atoms with Crippen molar-refractivity contribution in [2.75, 3.05) is 17.7 Å². The molecule has 0 radical (unpaired) electrons. The lowest BCUT2D eigenvalue weighted by Crippen LogP contribution is -2.39. The first kappa shape index (κ1) is 17.5. The second-order valence-corrected chi connectivity index (χ2v) is 5.99. The van der Waals surface area contributed by atoms with E-state index in [-0.39, 0.29) is 17.8 Å². The molecule has 0 saturated heterocycles. The van der Waals surface area contributed by atoms with Gasteiger partial charge in [-0.3, -0.25) is 23.5 Å². The standard InChI is InChI=1S/C17H18N4O5/c1-20-14-13(16(24)21(2)17(20)25)11(15(23)19-14)8-12(22)18-9-4-6-10(26-3)7-5-9/h4-7,11H,8H2,1-3H3,(H,18,22)(H,19,23)/t11-/m1/s1. The molecule has 3 rings (SSSR count). The van der Waals surface area contributed by atoms with E-state index in [2.05, 4.69) is 10.6 Å². The van der Waals surface area contributed by atoms with E-state index in [0.29, 0.717) is 11.4 Å². The summed E-state index contributed by atoms with van der Waals surface area (Å²) in [4.78, 5) is 49.0. The predicted molar refractivity (Wildman–Crippen MR) is 94.5 cm³/mol. The molecule has 26 heavy (non-hydrogen) atoms. The molecule has 0 saturated carbocycles. The Morgan fingerprint density at radius 3 is 2.42 bits per heavy atom. The summed E-state index contributed by atoms with van der Waals surface area (Å²) < 4.78 is 7.16. The van der Waals surface area contributed by atoms with Crippen LogP contribution in [-0.2, 0) is 23.7 Å². The Labute approximate surface area is 148 Å². The number of nitrogens with one attached hydrogen (secondary N) is 2. The molecule has 1 aromatic carbocycles. The van der Waals surface area contributed by atoms with Crippen molar-refractivity contribution in [1.29, 1.82) is 0 Å². The molecule has 2 heterocycles. The van der Waals surface area contributed by atoms with Crippen LogP contribution in [0.4, 0.5) is 11.5 Å². The lowest BCUT2D eigenvalue weighted by molar-refractivity contribution is -0.122. The van der Waals surface area contributed by atoms with E-state index in [1.54, 1.807) is 24.3 Å². The quantitative estimate of drug-likeness (QED) is 0.809. The molecule has 1 aromatic heterocycles. The number of methoxy groups -OCH3 is 1. The van der Waals surface area contributed by atoms with Gasteiger partial charge in [0.1, 0.15) is 11.6 Å². The van der Waals surface area contributed by atoms with Gasteiger partial charge >= 0.3 is 5.69 Å². The average molecular weight is 358 g/mol. The normalized spacial score (nSPS) is 15.3. The van der Waals surface area contributed by atoms with Gasteiger partial charge in [-0.25, -0.2) is 4.79 Å². The second kappa shape index (κ2) is 6.51. The van der Waals surface area contributed by atoms with E-state index in [4.69, 9.17) is 4.74 Å². The summed E-state index contributed by atoms with van der Waals surface area (Å²) in [6.07, 6.45) is -0.210. The first-order valence-corrected chi connectivity index (χ1v) is 7.88. The van der Waals surface area contributed by atoms with Crippen molar-refractivity contribution in [3.05, 3.63) is 50.7 Å². The summed E-state index contributed by atoms with van der Waals surface area (Å²) in [7, 11) is 4.33. The Balaban J connectivity index is 1.85. The number of anilines is 2. The summed E-state index contributed by atoms with van der Waals surface area (Å²) in [5, 5.41) is 5.20. The fraction of sp³-hybridized carbons (Fsp3) is 0.294. The van der Waals surface area contributed by atoms with Crippen LogP contribution in [0, 0.1) is 0 Å². The smallest absolute Gasteiger partial charge is 0.332 e. The van der Waals surface area contributed by atoms with Gasteiger partial charge in [0, 0.05) is 26.2 Å². The van der Waals surface area contributed by atoms with Gasteiger partial charge in [-0.2, -0.15) is 0 Å². The minimum absolute atomic E-state index is 0.129. The van der Waals surface area contributed by atoms with E-state index in [9.17, 15) is 19.2 Å². The van der Waals surface area contributed by atoms with Crippen LogP contribution in [0.15, 0.2) is 33.9 Å². The molecule has 0 unspecified atom stereocenters. The summed E-state index contributed by atoms with van der Waals surface area (Å²) in [6, 6.07) is 6.72. The SMILES string of the molecule is COc1ccc(NC(=O)C[C@H]2C(=O)Nc3c2c(=O)n(C)c(=O)n3C)cc1. The Bertz CT molecular complexity index is 1000. The number of hydrogen-bond acceptors (Lipinski definition) is 5. The Morgan fingerprint density at radius 1 is 1.15 bits per heavy atom. The molecular weight excluding hydrogens is 340 g/mol. The van der Waals surface area contributed by atoms with Crippen molar-refractivity contribution >= 4 is 23.3 Å². The first-order valence-electron chi connectivity index (χ1n) is 7.88. The lowest BCUT2D eigenvalue weighted by Gasteiger charge is -2.11. The minimum atomic E-state index is -0.950. The van der Waals surface area contributed by atoms with Gasteiger partial charge < -0.3 is 15.4 Å². The molecule has 0 aliphatic carbocycles. The molecule has 1 atom stereocenters. The zero-order valence-corrected chi connectivity index (χ0v) is 14.5. The van der Waals surface area contributed by atoms with Gasteiger partial charge in [0.05, 0.1) is 18.6 Å². The highest BCUT2D eigenvalue weighted by atomic mass is 16.5. The van der Waals surface area contributed by atoms with E-state index in [1.165, 1.54) is 25.8 Å². The van der Waals surface area contributed by atoms with Crippen LogP contribution in [0.3, 0.4) is 0 Å². The maximum atomic E-state index is 12.4. The Kier molecular flexibility index (Phi) is 4.37. The number of fused-ring (bicyclic) bond motifs is 1. The maximum absolute atomic E-state index is 12.4. The molecule has 0 spiro atoms. The molecule has 2 N–H and O–H groups in total. The minimum Gasteiger partial charge on any atom is -0.497 e. The third-order valence-electron chi connectivity index (χ3n) is 4.37. The zero-order chi connectivity index (χ0) is 19.0. The van der Waals surface area contributed by atoms with Crippen LogP contribution in [-0.4, -0.2) is 28.1 Å². The van der Waals surface area contributed by atoms with Crippen LogP contribution in [0.5, 0.6) is 5.75 Å². The van der Waals surface area contributed by atoms with E-state index >= 15 is 0 Å². The number of ether oxygens (including phenoxy) is 1. The van der Waals surface area contributed by atoms with Crippen LogP contribution in [0.1, 0.15) is 17.9 Å². The molecule has 9 heteroatoms. The van der Waals surface area contributed by atoms with Gasteiger partial charge in [-0.1, -0.05) is 0 Å². The monoisotopic (exact) mass is 358 g/mol. The van der Waals surface area contributed by atoms with Crippen LogP contribution >= 0.6 is 0 Å². The maximum Gasteiger partial charge on any atom is 0.332 e. The average Bonchev–Trinajstić information content (AvgIpc) is 2.95. The fourth-order valence-electron chi connectivity index (χ4n) is 2.94. The Hall–Kier alpha value is -3.36. The molecule has 1 aliphatic rings. The Morgan fingerprint density at radius 2 is 1.81 bits per heavy atom. The highest BCUT2D eigenvalue weighted by Crippen LogP contribution is 2.31. The fourth-order valence-corrected chi connectivity index (χ4v) is 2.94. The zero-order valence-electron chi connectivity index (χ0n) is 14.5. The molecule has 0 bridgehead atoms. The highest BCUT2D eigenvalue weighted by molar-refractivity contribution is 6.05. The number of carbonyl (C=O) groups excluding carboxylic acids is 2. The van der Waals surface area contributed by atoms with E-state index in [1.807, 2.05) is 0 Å². The van der Waals surface area contributed by atoms with Gasteiger partial charge in [0.2, 0.25) is 11.8 Å². The van der Waals surface area contributed by atoms with Crippen LogP contribution in [0.2, 0.25) is 0 Å². The summed E-state index contributed by atoms with van der Waals surface area (Å²) >= 11 is 0. The van der Waals surface area contributed by atoms with Gasteiger partial charge in [0.25, 0.3) is 5.56 Å². The lowest BCUT2D eigenvalue weighted by atomic mass is 9.99. The van der Waals surface area contributed by atoms with E-state index < -0.39 is 29.0 Å². The molecule has 0 fully saturated rings. The molecule has 9 nitrogen and oxygen atoms in total. The topological polar surface area (TPSA) is 111 Å². The number of rotatable bonds is 4. The summed E-state index contributed by atoms with van der Waals surface area (Å²) in [5.41, 5.74) is -0.451. The van der Waals surface area contributed by atoms with E-state index in [0.717, 1.165) is 4.57 Å². The van der Waals surface area contributed by atoms with Crippen molar-refractivity contribution < 1.29 is 14.3 Å². The number of nitrogens with zero attached hydrogens (tertiary/aromatic N) is 2. The first-order chi connectivity index (χ1) is 12.3. The molecule has 136 valence electrons. The third kappa shape index (κ3) is 2.87. The molecular formula is C17H18N4O5. The van der Waals surface area contributed by atoms with Gasteiger partial charge in [-0.15, -0.1) is 0 Å². The number of aromatic nitrogens is 2. The van der Waals surface area contributed by atoms with Gasteiger partial charge in [0.15, 0.2) is 0 Å². The summed E-state index contributed by atoms with van der Waals surface area (Å²) in [6.45, 7) is 0. The third-order valence-corrected chi connectivity index (χ3v) is 4.37. The highest BCUT2D eigenvalue weighted by Gasteiger charge is 2.37. The number of carbonyl (C=O) groups is 2. The van der Waals surface area contributed by atoms with Crippen LogP contribution < -0.4 is 26.6 Å².